The van der Waals surface area contributed by atoms with E-state index in [2.05, 4.69) is 20.4 Å². The molecular formula is C21H20N6O3. The number of anilines is 1. The third-order valence-corrected chi connectivity index (χ3v) is 4.52. The number of amides is 1. The first-order valence-corrected chi connectivity index (χ1v) is 9.17. The number of fused-ring (bicyclic) bond motifs is 3. The van der Waals surface area contributed by atoms with Crippen LogP contribution in [0.2, 0.25) is 0 Å². The van der Waals surface area contributed by atoms with E-state index in [1.807, 2.05) is 36.4 Å². The van der Waals surface area contributed by atoms with Crippen LogP contribution >= 0.6 is 0 Å². The number of aromatic nitrogens is 4. The molecule has 2 aromatic heterocycles. The lowest BCUT2D eigenvalue weighted by molar-refractivity contribution is -0.116. The molecule has 30 heavy (non-hydrogen) atoms. The third-order valence-electron chi connectivity index (χ3n) is 4.52. The van der Waals surface area contributed by atoms with Crippen LogP contribution < -0.4 is 20.5 Å². The summed E-state index contributed by atoms with van der Waals surface area (Å²) in [7, 11) is 3.18. The van der Waals surface area contributed by atoms with Gasteiger partial charge in [-0.3, -0.25) is 4.79 Å². The minimum absolute atomic E-state index is 0.151. The molecule has 9 heteroatoms. The fourth-order valence-corrected chi connectivity index (χ4v) is 3.02. The lowest BCUT2D eigenvalue weighted by atomic mass is 10.2. The van der Waals surface area contributed by atoms with E-state index in [4.69, 9.17) is 15.2 Å². The Bertz CT molecular complexity index is 1250. The molecule has 0 atom stereocenters. The molecule has 1 amide bonds. The van der Waals surface area contributed by atoms with Crippen LogP contribution in [-0.2, 0) is 11.3 Å². The molecule has 0 saturated heterocycles. The molecule has 0 aliphatic rings. The van der Waals surface area contributed by atoms with Crippen LogP contribution in [0, 0.1) is 0 Å². The highest BCUT2D eigenvalue weighted by atomic mass is 16.5. The molecule has 152 valence electrons. The van der Waals surface area contributed by atoms with Gasteiger partial charge in [0.15, 0.2) is 11.5 Å². The molecule has 0 spiro atoms. The van der Waals surface area contributed by atoms with Crippen molar-refractivity contribution in [3.05, 3.63) is 59.9 Å². The van der Waals surface area contributed by atoms with E-state index in [9.17, 15) is 4.79 Å². The number of nitrogens with one attached hydrogen (secondary N) is 1. The second-order valence-electron chi connectivity index (χ2n) is 6.41. The first-order chi connectivity index (χ1) is 14.6. The van der Waals surface area contributed by atoms with Crippen LogP contribution in [0.15, 0.2) is 48.5 Å². The van der Waals surface area contributed by atoms with Crippen molar-refractivity contribution >= 4 is 34.5 Å². The molecular weight excluding hydrogens is 384 g/mol. The zero-order valence-corrected chi connectivity index (χ0v) is 16.5. The predicted octanol–water partition coefficient (Wildman–Crippen LogP) is 2.21. The fraction of sp³-hybridized carbons (Fsp3) is 0.143. The highest BCUT2D eigenvalue weighted by molar-refractivity contribution is 5.96. The van der Waals surface area contributed by atoms with Crippen LogP contribution in [0.1, 0.15) is 11.4 Å². The summed E-state index contributed by atoms with van der Waals surface area (Å²) in [6.45, 7) is 0.151. The van der Waals surface area contributed by atoms with Crippen molar-refractivity contribution in [3.8, 4) is 11.5 Å². The maximum absolute atomic E-state index is 12.2. The van der Waals surface area contributed by atoms with Crippen LogP contribution in [0.5, 0.6) is 11.5 Å². The molecule has 2 heterocycles. The minimum Gasteiger partial charge on any atom is -0.497 e. The Morgan fingerprint density at radius 3 is 2.67 bits per heavy atom. The summed E-state index contributed by atoms with van der Waals surface area (Å²) in [5.74, 6) is 1.70. The average Bonchev–Trinajstić information content (AvgIpc) is 3.21. The van der Waals surface area contributed by atoms with Crippen LogP contribution in [0.25, 0.3) is 22.6 Å². The summed E-state index contributed by atoms with van der Waals surface area (Å²) in [5.41, 5.74) is 8.08. The van der Waals surface area contributed by atoms with Crippen molar-refractivity contribution in [2.45, 2.75) is 6.54 Å². The second-order valence-corrected chi connectivity index (χ2v) is 6.41. The summed E-state index contributed by atoms with van der Waals surface area (Å²) in [6.07, 6.45) is 3.17. The van der Waals surface area contributed by atoms with E-state index in [0.717, 1.165) is 16.7 Å². The summed E-state index contributed by atoms with van der Waals surface area (Å²) < 4.78 is 11.9. The summed E-state index contributed by atoms with van der Waals surface area (Å²) >= 11 is 0. The van der Waals surface area contributed by atoms with Gasteiger partial charge in [0.2, 0.25) is 11.9 Å². The Balaban J connectivity index is 1.51. The van der Waals surface area contributed by atoms with Crippen molar-refractivity contribution in [3.63, 3.8) is 0 Å². The summed E-state index contributed by atoms with van der Waals surface area (Å²) in [5, 5.41) is 7.88. The van der Waals surface area contributed by atoms with E-state index in [-0.39, 0.29) is 18.4 Å². The van der Waals surface area contributed by atoms with Crippen LogP contribution in [0.3, 0.4) is 0 Å². The molecule has 0 aliphatic heterocycles. The number of rotatable bonds is 6. The predicted molar refractivity (Wildman–Crippen MR) is 113 cm³/mol. The molecule has 4 aromatic rings. The van der Waals surface area contributed by atoms with Gasteiger partial charge in [-0.15, -0.1) is 5.10 Å². The summed E-state index contributed by atoms with van der Waals surface area (Å²) in [4.78, 5) is 21.0. The van der Waals surface area contributed by atoms with Gasteiger partial charge in [0.25, 0.3) is 0 Å². The Kier molecular flexibility index (Phi) is 5.17. The Labute approximate surface area is 172 Å². The number of hydrogen-bond acceptors (Lipinski definition) is 7. The van der Waals surface area contributed by atoms with Gasteiger partial charge in [0.1, 0.15) is 17.0 Å². The van der Waals surface area contributed by atoms with Gasteiger partial charge >= 0.3 is 0 Å². The monoisotopic (exact) mass is 404 g/mol. The van der Waals surface area contributed by atoms with Gasteiger partial charge in [0, 0.05) is 11.5 Å². The molecule has 4 rings (SSSR count). The molecule has 0 radical (unpaired) electrons. The van der Waals surface area contributed by atoms with Crippen LogP contribution in [0.4, 0.5) is 5.95 Å². The highest BCUT2D eigenvalue weighted by Gasteiger charge is 2.14. The van der Waals surface area contributed by atoms with Crippen molar-refractivity contribution < 1.29 is 14.3 Å². The van der Waals surface area contributed by atoms with Gasteiger partial charge in [-0.25, -0.2) is 9.97 Å². The molecule has 0 fully saturated rings. The van der Waals surface area contributed by atoms with Crippen molar-refractivity contribution in [1.82, 2.24) is 24.9 Å². The van der Waals surface area contributed by atoms with E-state index in [1.165, 1.54) is 10.6 Å². The van der Waals surface area contributed by atoms with Crippen molar-refractivity contribution in [2.75, 3.05) is 20.0 Å². The maximum atomic E-state index is 12.2. The lowest BCUT2D eigenvalue weighted by Gasteiger charge is -2.06. The third kappa shape index (κ3) is 3.72. The maximum Gasteiger partial charge on any atom is 0.244 e. The molecule has 2 aromatic carbocycles. The largest absolute Gasteiger partial charge is 0.497 e. The second kappa shape index (κ2) is 8.08. The van der Waals surface area contributed by atoms with Gasteiger partial charge < -0.3 is 20.5 Å². The molecule has 0 aliphatic carbocycles. The SMILES string of the molecule is COc1ccc(C=CC(=O)NCc2nc3c4cccc(OC)c4nc(N)n3n2)cc1. The standard InChI is InChI=1S/C21H20N6O3/c1-29-14-9-6-13(7-10-14)8-11-18(28)23-12-17-24-20-15-4-3-5-16(30-2)19(15)25-21(22)27(20)26-17/h3-11H,12H2,1-2H3,(H2,22,25)(H,23,28). The molecule has 0 saturated carbocycles. The number of nitrogens with zero attached hydrogens (tertiary/aromatic N) is 4. The Morgan fingerprint density at radius 1 is 1.13 bits per heavy atom. The number of methoxy groups -OCH3 is 2. The lowest BCUT2D eigenvalue weighted by Crippen LogP contribution is -2.21. The number of carbonyl (C=O) groups is 1. The number of carbonyl (C=O) groups excluding carboxylic acids is 1. The molecule has 0 unspecified atom stereocenters. The van der Waals surface area contributed by atoms with Gasteiger partial charge in [-0.1, -0.05) is 18.2 Å². The number of nitrogen functional groups attached to an aromatic ring is 1. The minimum atomic E-state index is -0.262. The molecule has 3 N–H and O–H groups in total. The Hall–Kier alpha value is -4.14. The number of hydrogen-bond donors (Lipinski definition) is 2. The molecule has 0 bridgehead atoms. The van der Waals surface area contributed by atoms with E-state index in [1.54, 1.807) is 26.4 Å². The van der Waals surface area contributed by atoms with Crippen LogP contribution in [-0.4, -0.2) is 39.7 Å². The van der Waals surface area contributed by atoms with E-state index in [0.29, 0.717) is 22.7 Å². The quantitative estimate of drug-likeness (QED) is 0.473. The normalized spacial score (nSPS) is 11.3. The first-order valence-electron chi connectivity index (χ1n) is 9.17. The van der Waals surface area contributed by atoms with Gasteiger partial charge in [-0.2, -0.15) is 4.52 Å². The number of benzene rings is 2. The smallest absolute Gasteiger partial charge is 0.244 e. The zero-order valence-electron chi connectivity index (χ0n) is 16.5. The average molecular weight is 404 g/mol. The number of para-hydroxylation sites is 1. The Morgan fingerprint density at radius 2 is 1.93 bits per heavy atom. The zero-order chi connectivity index (χ0) is 21.1. The first kappa shape index (κ1) is 19.2. The highest BCUT2D eigenvalue weighted by Crippen LogP contribution is 2.27. The van der Waals surface area contributed by atoms with Crippen molar-refractivity contribution in [2.24, 2.45) is 0 Å². The van der Waals surface area contributed by atoms with Gasteiger partial charge in [0.05, 0.1) is 20.8 Å². The van der Waals surface area contributed by atoms with Gasteiger partial charge in [-0.05, 0) is 35.9 Å². The van der Waals surface area contributed by atoms with E-state index >= 15 is 0 Å². The number of nitrogens with two attached hydrogens (primary N) is 1. The topological polar surface area (TPSA) is 117 Å². The number of ether oxygens (including phenoxy) is 2. The molecule has 9 nitrogen and oxygen atoms in total. The van der Waals surface area contributed by atoms with E-state index < -0.39 is 0 Å². The van der Waals surface area contributed by atoms with Crippen molar-refractivity contribution in [1.29, 1.82) is 0 Å². The fourth-order valence-electron chi connectivity index (χ4n) is 3.02. The summed E-state index contributed by atoms with van der Waals surface area (Å²) in [6, 6.07) is 12.9.